The van der Waals surface area contributed by atoms with E-state index < -0.39 is 0 Å². The van der Waals surface area contributed by atoms with Crippen LogP contribution in [0.1, 0.15) is 29.8 Å². The highest BCUT2D eigenvalue weighted by molar-refractivity contribution is 6.29. The zero-order chi connectivity index (χ0) is 13.0. The highest BCUT2D eigenvalue weighted by Crippen LogP contribution is 2.48. The van der Waals surface area contributed by atoms with Crippen molar-refractivity contribution in [2.45, 2.75) is 19.3 Å². The lowest BCUT2D eigenvalue weighted by molar-refractivity contribution is 0.0932. The molecule has 5 nitrogen and oxygen atoms in total. The molecule has 1 aliphatic carbocycles. The summed E-state index contributed by atoms with van der Waals surface area (Å²) in [5.74, 6) is -0.206. The summed E-state index contributed by atoms with van der Waals surface area (Å²) in [4.78, 5) is 11.8. The van der Waals surface area contributed by atoms with Gasteiger partial charge in [0.1, 0.15) is 0 Å². The van der Waals surface area contributed by atoms with Crippen molar-refractivity contribution >= 4 is 17.5 Å². The zero-order valence-electron chi connectivity index (χ0n) is 10.3. The van der Waals surface area contributed by atoms with Crippen molar-refractivity contribution in [2.24, 2.45) is 5.41 Å². The van der Waals surface area contributed by atoms with Crippen molar-refractivity contribution in [1.82, 2.24) is 15.5 Å². The van der Waals surface area contributed by atoms with E-state index >= 15 is 0 Å². The van der Waals surface area contributed by atoms with Gasteiger partial charge in [-0.3, -0.25) is 4.79 Å². The van der Waals surface area contributed by atoms with Crippen LogP contribution in [0.15, 0.2) is 12.1 Å². The van der Waals surface area contributed by atoms with Crippen molar-refractivity contribution in [1.29, 1.82) is 0 Å². The van der Waals surface area contributed by atoms with Gasteiger partial charge in [0.25, 0.3) is 5.91 Å². The second kappa shape index (κ2) is 5.63. The number of aromatic nitrogens is 2. The molecule has 1 aliphatic rings. The van der Waals surface area contributed by atoms with Crippen LogP contribution in [-0.4, -0.2) is 36.4 Å². The molecule has 0 saturated heterocycles. The first kappa shape index (κ1) is 13.2. The van der Waals surface area contributed by atoms with E-state index in [9.17, 15) is 4.79 Å². The molecule has 6 heteroatoms. The van der Waals surface area contributed by atoms with E-state index in [1.807, 2.05) is 0 Å². The van der Waals surface area contributed by atoms with E-state index in [0.717, 1.165) is 25.9 Å². The van der Waals surface area contributed by atoms with Crippen molar-refractivity contribution in [3.05, 3.63) is 23.0 Å². The Balaban J connectivity index is 1.83. The predicted molar refractivity (Wildman–Crippen MR) is 67.5 cm³/mol. The Kier molecular flexibility index (Phi) is 4.14. The quantitative estimate of drug-likeness (QED) is 0.853. The minimum atomic E-state index is -0.206. The molecule has 18 heavy (non-hydrogen) atoms. The lowest BCUT2D eigenvalue weighted by Gasteiger charge is -2.15. The molecule has 0 bridgehead atoms. The van der Waals surface area contributed by atoms with E-state index in [-0.39, 0.29) is 16.5 Å². The topological polar surface area (TPSA) is 64.1 Å². The van der Waals surface area contributed by atoms with Crippen LogP contribution in [0.5, 0.6) is 0 Å². The lowest BCUT2D eigenvalue weighted by atomic mass is 10.0. The van der Waals surface area contributed by atoms with Crippen molar-refractivity contribution in [3.8, 4) is 0 Å². The number of carbonyl (C=O) groups excluding carboxylic acids is 1. The highest BCUT2D eigenvalue weighted by Gasteiger charge is 2.42. The molecule has 1 heterocycles. The molecule has 0 aromatic carbocycles. The predicted octanol–water partition coefficient (Wildman–Crippen LogP) is 1.68. The first-order chi connectivity index (χ1) is 8.65. The smallest absolute Gasteiger partial charge is 0.271 e. The van der Waals surface area contributed by atoms with E-state index in [2.05, 4.69) is 15.5 Å². The number of ether oxygens (including phenoxy) is 1. The van der Waals surface area contributed by atoms with Gasteiger partial charge in [-0.15, -0.1) is 10.2 Å². The largest absolute Gasteiger partial charge is 0.385 e. The van der Waals surface area contributed by atoms with Crippen LogP contribution in [0.4, 0.5) is 0 Å². The van der Waals surface area contributed by atoms with Gasteiger partial charge >= 0.3 is 0 Å². The van der Waals surface area contributed by atoms with Crippen LogP contribution in [0.25, 0.3) is 0 Å². The van der Waals surface area contributed by atoms with E-state index in [0.29, 0.717) is 12.2 Å². The molecule has 0 spiro atoms. The summed E-state index contributed by atoms with van der Waals surface area (Å²) in [6.45, 7) is 1.40. The summed E-state index contributed by atoms with van der Waals surface area (Å²) in [7, 11) is 1.69. The lowest BCUT2D eigenvalue weighted by Crippen LogP contribution is -2.31. The van der Waals surface area contributed by atoms with Crippen molar-refractivity contribution in [2.75, 3.05) is 20.3 Å². The Bertz CT molecular complexity index is 418. The summed E-state index contributed by atoms with van der Waals surface area (Å²) in [5.41, 5.74) is 0.521. The van der Waals surface area contributed by atoms with Gasteiger partial charge in [-0.25, -0.2) is 0 Å². The minimum absolute atomic E-state index is 0.206. The number of hydrogen-bond donors (Lipinski definition) is 1. The Morgan fingerprint density at radius 3 is 2.83 bits per heavy atom. The standard InChI is InChI=1S/C12H16ClN3O2/c1-18-7-6-12(4-5-12)8-14-11(17)9-2-3-10(13)16-15-9/h2-3H,4-8H2,1H3,(H,14,17). The Morgan fingerprint density at radius 2 is 2.28 bits per heavy atom. The monoisotopic (exact) mass is 269 g/mol. The summed E-state index contributed by atoms with van der Waals surface area (Å²) >= 11 is 5.61. The number of amides is 1. The van der Waals surface area contributed by atoms with Crippen LogP contribution >= 0.6 is 11.6 Å². The molecule has 98 valence electrons. The number of hydrogen-bond acceptors (Lipinski definition) is 4. The van der Waals surface area contributed by atoms with Gasteiger partial charge in [0.15, 0.2) is 10.8 Å². The minimum Gasteiger partial charge on any atom is -0.385 e. The van der Waals surface area contributed by atoms with Crippen LogP contribution < -0.4 is 5.32 Å². The fourth-order valence-corrected chi connectivity index (χ4v) is 1.91. The SMILES string of the molecule is COCCC1(CNC(=O)c2ccc(Cl)nn2)CC1. The van der Waals surface area contributed by atoms with Crippen molar-refractivity contribution < 1.29 is 9.53 Å². The summed E-state index contributed by atoms with van der Waals surface area (Å²) < 4.78 is 5.07. The van der Waals surface area contributed by atoms with Crippen molar-refractivity contribution in [3.63, 3.8) is 0 Å². The Labute approximate surface area is 111 Å². The molecule has 0 aliphatic heterocycles. The maximum absolute atomic E-state index is 11.8. The molecule has 0 atom stereocenters. The summed E-state index contributed by atoms with van der Waals surface area (Å²) in [5, 5.41) is 10.6. The fourth-order valence-electron chi connectivity index (χ4n) is 1.81. The molecule has 1 aromatic rings. The average Bonchev–Trinajstić information content (AvgIpc) is 3.15. The molecular formula is C12H16ClN3O2. The second-order valence-corrected chi connectivity index (χ2v) is 5.05. The fraction of sp³-hybridized carbons (Fsp3) is 0.583. The van der Waals surface area contributed by atoms with E-state index in [4.69, 9.17) is 16.3 Å². The molecule has 1 fully saturated rings. The van der Waals surface area contributed by atoms with Gasteiger partial charge in [0.05, 0.1) is 0 Å². The average molecular weight is 270 g/mol. The van der Waals surface area contributed by atoms with Gasteiger partial charge in [-0.2, -0.15) is 0 Å². The molecular weight excluding hydrogens is 254 g/mol. The van der Waals surface area contributed by atoms with Gasteiger partial charge < -0.3 is 10.1 Å². The zero-order valence-corrected chi connectivity index (χ0v) is 11.0. The molecule has 1 aromatic heterocycles. The van der Waals surface area contributed by atoms with Gasteiger partial charge in [-0.1, -0.05) is 11.6 Å². The van der Waals surface area contributed by atoms with Crippen LogP contribution in [0, 0.1) is 5.41 Å². The number of halogens is 1. The molecule has 0 unspecified atom stereocenters. The first-order valence-corrected chi connectivity index (χ1v) is 6.29. The summed E-state index contributed by atoms with van der Waals surface area (Å²) in [6, 6.07) is 3.13. The van der Waals surface area contributed by atoms with Crippen LogP contribution in [-0.2, 0) is 4.74 Å². The van der Waals surface area contributed by atoms with Crippen LogP contribution in [0.3, 0.4) is 0 Å². The van der Waals surface area contributed by atoms with E-state index in [1.165, 1.54) is 0 Å². The maximum atomic E-state index is 11.8. The van der Waals surface area contributed by atoms with E-state index in [1.54, 1.807) is 19.2 Å². The number of carbonyl (C=O) groups is 1. The Hall–Kier alpha value is -1.20. The maximum Gasteiger partial charge on any atom is 0.271 e. The second-order valence-electron chi connectivity index (χ2n) is 4.67. The third-order valence-electron chi connectivity index (χ3n) is 3.28. The number of methoxy groups -OCH3 is 1. The Morgan fingerprint density at radius 1 is 1.50 bits per heavy atom. The molecule has 1 amide bonds. The molecule has 2 rings (SSSR count). The normalized spacial score (nSPS) is 16.3. The van der Waals surface area contributed by atoms with Crippen LogP contribution in [0.2, 0.25) is 5.15 Å². The molecule has 1 saturated carbocycles. The van der Waals surface area contributed by atoms with Gasteiger partial charge in [0.2, 0.25) is 0 Å². The van der Waals surface area contributed by atoms with Gasteiger partial charge in [0, 0.05) is 20.3 Å². The number of rotatable bonds is 6. The van der Waals surface area contributed by atoms with Gasteiger partial charge in [-0.05, 0) is 36.8 Å². The number of nitrogens with one attached hydrogen (secondary N) is 1. The summed E-state index contributed by atoms with van der Waals surface area (Å²) in [6.07, 6.45) is 3.27. The first-order valence-electron chi connectivity index (χ1n) is 5.92. The highest BCUT2D eigenvalue weighted by atomic mass is 35.5. The molecule has 0 radical (unpaired) electrons. The number of nitrogens with zero attached hydrogens (tertiary/aromatic N) is 2. The third kappa shape index (κ3) is 3.40. The molecule has 1 N–H and O–H groups in total. The third-order valence-corrected chi connectivity index (χ3v) is 3.48.